The Hall–Kier alpha value is -0.355. The molecule has 0 atom stereocenters. The molecule has 6 heteroatoms. The van der Waals surface area contributed by atoms with Gasteiger partial charge in [0.1, 0.15) is 0 Å². The molecule has 12 heavy (non-hydrogen) atoms. The van der Waals surface area contributed by atoms with Crippen molar-refractivity contribution in [1.29, 1.82) is 0 Å². The van der Waals surface area contributed by atoms with Crippen molar-refractivity contribution in [3.8, 4) is 5.75 Å². The van der Waals surface area contributed by atoms with Crippen LogP contribution in [0.15, 0.2) is 18.2 Å². The van der Waals surface area contributed by atoms with E-state index in [4.69, 9.17) is 13.4 Å². The van der Waals surface area contributed by atoms with Crippen LogP contribution in [0.4, 0.5) is 5.69 Å². The molecule has 4 nitrogen and oxygen atoms in total. The SMILES string of the molecule is O=[N+]([O-])c1c(O)ccc[c]1[Hg][Cl]. The number of rotatable bonds is 2. The van der Waals surface area contributed by atoms with Gasteiger partial charge >= 0.3 is 84.4 Å². The van der Waals surface area contributed by atoms with E-state index in [1.165, 1.54) is 6.07 Å². The van der Waals surface area contributed by atoms with E-state index in [-0.39, 0.29) is 11.4 Å². The predicted molar refractivity (Wildman–Crippen MR) is 40.2 cm³/mol. The number of para-hydroxylation sites is 1. The van der Waals surface area contributed by atoms with Crippen LogP contribution in [-0.2, 0) is 23.3 Å². The topological polar surface area (TPSA) is 63.4 Å². The van der Waals surface area contributed by atoms with E-state index < -0.39 is 28.3 Å². The first-order valence-electron chi connectivity index (χ1n) is 3.18. The summed E-state index contributed by atoms with van der Waals surface area (Å²) in [7, 11) is 5.65. The van der Waals surface area contributed by atoms with Crippen LogP contribution < -0.4 is 3.07 Å². The third kappa shape index (κ3) is 1.87. The van der Waals surface area contributed by atoms with Gasteiger partial charge in [-0.1, -0.05) is 0 Å². The fourth-order valence-electron chi connectivity index (χ4n) is 0.896. The van der Waals surface area contributed by atoms with E-state index in [0.717, 1.165) is 0 Å². The number of hydrogen-bond donors (Lipinski definition) is 1. The van der Waals surface area contributed by atoms with Crippen molar-refractivity contribution in [1.82, 2.24) is 0 Å². The molecule has 0 spiro atoms. The quantitative estimate of drug-likeness (QED) is 0.480. The van der Waals surface area contributed by atoms with Crippen molar-refractivity contribution in [2.24, 2.45) is 0 Å². The van der Waals surface area contributed by atoms with Crippen molar-refractivity contribution in [3.05, 3.63) is 28.3 Å². The number of phenols is 1. The summed E-state index contributed by atoms with van der Waals surface area (Å²) in [6.45, 7) is 0. The normalized spacial score (nSPS) is 9.08. The number of nitro groups is 1. The van der Waals surface area contributed by atoms with Crippen molar-refractivity contribution in [2.75, 3.05) is 0 Å². The summed E-state index contributed by atoms with van der Waals surface area (Å²) >= 11 is -1.82. The number of benzene rings is 1. The van der Waals surface area contributed by atoms with E-state index >= 15 is 0 Å². The summed E-state index contributed by atoms with van der Waals surface area (Å²) in [6.07, 6.45) is 0. The fourth-order valence-corrected chi connectivity index (χ4v) is 5.36. The molecule has 0 fully saturated rings. The van der Waals surface area contributed by atoms with Crippen LogP contribution in [0.3, 0.4) is 0 Å². The molecule has 0 aliphatic carbocycles. The molecular weight excluding hydrogens is 370 g/mol. The van der Waals surface area contributed by atoms with E-state index in [2.05, 4.69) is 0 Å². The molecule has 0 aliphatic rings. The van der Waals surface area contributed by atoms with Gasteiger partial charge in [0.25, 0.3) is 0 Å². The Bertz CT molecular complexity index is 318. The van der Waals surface area contributed by atoms with Gasteiger partial charge in [0.15, 0.2) is 0 Å². The zero-order valence-electron chi connectivity index (χ0n) is 6.03. The number of phenolic OH excluding ortho intramolecular Hbond substituents is 1. The van der Waals surface area contributed by atoms with E-state index in [0.29, 0.717) is 3.07 Å². The van der Waals surface area contributed by atoms with Crippen LogP contribution in [0.1, 0.15) is 0 Å². The van der Waals surface area contributed by atoms with Gasteiger partial charge in [-0.2, -0.15) is 0 Å². The minimum absolute atomic E-state index is 0.214. The van der Waals surface area contributed by atoms with Crippen LogP contribution in [0.5, 0.6) is 5.75 Å². The zero-order valence-corrected chi connectivity index (χ0v) is 12.3. The molecule has 0 aliphatic heterocycles. The molecule has 0 saturated heterocycles. The summed E-state index contributed by atoms with van der Waals surface area (Å²) in [4.78, 5) is 9.83. The monoisotopic (exact) mass is 375 g/mol. The van der Waals surface area contributed by atoms with Gasteiger partial charge in [-0.25, -0.2) is 0 Å². The number of nitrogens with zero attached hydrogens (tertiary/aromatic N) is 1. The van der Waals surface area contributed by atoms with Gasteiger partial charge in [0.05, 0.1) is 0 Å². The average molecular weight is 374 g/mol. The van der Waals surface area contributed by atoms with Crippen LogP contribution in [0, 0.1) is 10.1 Å². The Balaban J connectivity index is 3.29. The van der Waals surface area contributed by atoms with Gasteiger partial charge in [-0.15, -0.1) is 0 Å². The Morgan fingerprint density at radius 1 is 1.58 bits per heavy atom. The Labute approximate surface area is 84.2 Å². The molecule has 0 saturated carbocycles. The first-order valence-corrected chi connectivity index (χ1v) is 12.7. The maximum atomic E-state index is 10.4. The molecule has 1 N–H and O–H groups in total. The molecule has 0 radical (unpaired) electrons. The Morgan fingerprint density at radius 3 is 2.67 bits per heavy atom. The number of aromatic hydroxyl groups is 1. The molecule has 60 valence electrons. The predicted octanol–water partition coefficient (Wildman–Crippen LogP) is 1.16. The van der Waals surface area contributed by atoms with Crippen molar-refractivity contribution >= 4 is 17.0 Å². The van der Waals surface area contributed by atoms with Crippen LogP contribution in [0.2, 0.25) is 0 Å². The number of nitro benzene ring substituents is 1. The summed E-state index contributed by atoms with van der Waals surface area (Å²) in [5.74, 6) is -0.293. The van der Waals surface area contributed by atoms with Gasteiger partial charge in [-0.05, 0) is 0 Å². The number of halogens is 1. The van der Waals surface area contributed by atoms with Crippen molar-refractivity contribution < 1.29 is 33.4 Å². The standard InChI is InChI=1S/C6H4NO3.ClH.Hg/c8-6-4-2-1-3-5(6)7(9)10;;/h1-2,4,8H;1H;/q;;+1/p-1. The second-order valence-corrected chi connectivity index (χ2v) is 8.52. The zero-order chi connectivity index (χ0) is 9.14. The summed E-state index contributed by atoms with van der Waals surface area (Å²) in [6, 6.07) is 4.47. The second kappa shape index (κ2) is 4.05. The van der Waals surface area contributed by atoms with Crippen molar-refractivity contribution in [3.63, 3.8) is 0 Å². The average Bonchev–Trinajstić information content (AvgIpc) is 2.03. The molecule has 0 aromatic heterocycles. The van der Waals surface area contributed by atoms with E-state index in [9.17, 15) is 10.1 Å². The Morgan fingerprint density at radius 2 is 2.25 bits per heavy atom. The van der Waals surface area contributed by atoms with Gasteiger partial charge in [0, 0.05) is 0 Å². The third-order valence-electron chi connectivity index (χ3n) is 1.42. The molecule has 0 amide bonds. The summed E-state index contributed by atoms with van der Waals surface area (Å²) in [5, 5.41) is 19.6. The molecule has 0 unspecified atom stereocenters. The van der Waals surface area contributed by atoms with Gasteiger partial charge in [-0.3, -0.25) is 0 Å². The first-order chi connectivity index (χ1) is 5.66. The molecule has 0 bridgehead atoms. The number of hydrogen-bond acceptors (Lipinski definition) is 3. The third-order valence-corrected chi connectivity index (χ3v) is 7.29. The van der Waals surface area contributed by atoms with Crippen LogP contribution in [-0.4, -0.2) is 10.0 Å². The van der Waals surface area contributed by atoms with E-state index in [1.54, 1.807) is 12.1 Å². The van der Waals surface area contributed by atoms with Gasteiger partial charge < -0.3 is 0 Å². The van der Waals surface area contributed by atoms with Gasteiger partial charge in [0.2, 0.25) is 0 Å². The molecule has 1 aromatic carbocycles. The minimum atomic E-state index is -1.82. The van der Waals surface area contributed by atoms with E-state index in [1.807, 2.05) is 0 Å². The summed E-state index contributed by atoms with van der Waals surface area (Å²) in [5.41, 5.74) is -0.214. The maximum absolute atomic E-state index is 10.4. The molecule has 1 aromatic rings. The van der Waals surface area contributed by atoms with Crippen molar-refractivity contribution in [2.45, 2.75) is 0 Å². The first kappa shape index (κ1) is 9.73. The molecule has 1 rings (SSSR count). The molecular formula is C6H4ClHgNO3. The molecule has 0 heterocycles. The summed E-state index contributed by atoms with van der Waals surface area (Å²) < 4.78 is 0.543. The van der Waals surface area contributed by atoms with Crippen LogP contribution in [0.25, 0.3) is 0 Å². The Kier molecular flexibility index (Phi) is 3.28. The second-order valence-electron chi connectivity index (χ2n) is 2.18. The fraction of sp³-hybridized carbons (Fsp3) is 0. The van der Waals surface area contributed by atoms with Crippen LogP contribution >= 0.6 is 8.25 Å².